The predicted molar refractivity (Wildman–Crippen MR) is 93.3 cm³/mol. The number of carbonyl (C=O) groups is 1. The van der Waals surface area contributed by atoms with E-state index in [1.165, 1.54) is 0 Å². The summed E-state index contributed by atoms with van der Waals surface area (Å²) < 4.78 is 5.84. The monoisotopic (exact) mass is 330 g/mol. The largest absolute Gasteiger partial charge is 0.480 e. The lowest BCUT2D eigenvalue weighted by Gasteiger charge is -2.31. The van der Waals surface area contributed by atoms with Crippen LogP contribution in [0.15, 0.2) is 42.5 Å². The smallest absolute Gasteiger partial charge is 0.268 e. The summed E-state index contributed by atoms with van der Waals surface area (Å²) in [6.45, 7) is 0.728. The van der Waals surface area contributed by atoms with Gasteiger partial charge in [0.25, 0.3) is 5.91 Å². The third-order valence-electron chi connectivity index (χ3n) is 4.48. The number of rotatable bonds is 1. The fraction of sp³-hybridized carbons (Fsp3) is 0.278. The molecule has 4 nitrogen and oxygen atoms in total. The predicted octanol–water partition coefficient (Wildman–Crippen LogP) is 2.97. The van der Waals surface area contributed by atoms with Crippen LogP contribution in [0, 0.1) is 0 Å². The van der Waals surface area contributed by atoms with Crippen molar-refractivity contribution in [3.05, 3.63) is 53.6 Å². The first-order valence-electron chi connectivity index (χ1n) is 7.67. The van der Waals surface area contributed by atoms with E-state index >= 15 is 0 Å². The summed E-state index contributed by atoms with van der Waals surface area (Å²) in [6, 6.07) is 13.6. The van der Waals surface area contributed by atoms with Crippen molar-refractivity contribution < 1.29 is 9.53 Å². The third kappa shape index (κ3) is 2.63. The summed E-state index contributed by atoms with van der Waals surface area (Å²) in [4.78, 5) is 14.7. The van der Waals surface area contributed by atoms with E-state index in [0.717, 1.165) is 47.6 Å². The second kappa shape index (κ2) is 6.13. The molecule has 4 rings (SSSR count). The van der Waals surface area contributed by atoms with Crippen molar-refractivity contribution in [1.29, 1.82) is 0 Å². The Bertz CT molecular complexity index is 723. The number of nitrogens with zero attached hydrogens (tertiary/aromatic N) is 1. The van der Waals surface area contributed by atoms with E-state index in [2.05, 4.69) is 0 Å². The molecule has 2 heterocycles. The normalized spacial score (nSPS) is 18.4. The van der Waals surface area contributed by atoms with Gasteiger partial charge in [-0.05, 0) is 42.2 Å². The Morgan fingerprint density at radius 1 is 1.17 bits per heavy atom. The number of hydrogen-bond donors (Lipinski definition) is 1. The maximum atomic E-state index is 12.9. The molecule has 23 heavy (non-hydrogen) atoms. The maximum absolute atomic E-state index is 12.9. The average molecular weight is 331 g/mol. The van der Waals surface area contributed by atoms with Crippen molar-refractivity contribution in [2.45, 2.75) is 25.4 Å². The maximum Gasteiger partial charge on any atom is 0.268 e. The molecule has 2 N–H and O–H groups in total. The van der Waals surface area contributed by atoms with E-state index in [1.807, 2.05) is 47.4 Å². The van der Waals surface area contributed by atoms with Crippen LogP contribution in [0.1, 0.15) is 17.5 Å². The summed E-state index contributed by atoms with van der Waals surface area (Å²) in [5.74, 6) is 0.855. The van der Waals surface area contributed by atoms with Crippen molar-refractivity contribution in [1.82, 2.24) is 0 Å². The quantitative estimate of drug-likeness (QED) is 0.818. The van der Waals surface area contributed by atoms with Crippen LogP contribution in [0.4, 0.5) is 11.4 Å². The molecule has 0 saturated carbocycles. The molecule has 0 bridgehead atoms. The van der Waals surface area contributed by atoms with Gasteiger partial charge in [0.1, 0.15) is 5.75 Å². The number of anilines is 2. The highest BCUT2D eigenvalue weighted by molar-refractivity contribution is 5.99. The van der Waals surface area contributed by atoms with Gasteiger partial charge in [0.15, 0.2) is 6.10 Å². The van der Waals surface area contributed by atoms with Crippen molar-refractivity contribution in [2.24, 2.45) is 0 Å². The first kappa shape index (κ1) is 15.7. The van der Waals surface area contributed by atoms with Crippen LogP contribution < -0.4 is 15.4 Å². The van der Waals surface area contributed by atoms with Gasteiger partial charge in [0.05, 0.1) is 0 Å². The van der Waals surface area contributed by atoms with Crippen molar-refractivity contribution in [2.75, 3.05) is 17.2 Å². The van der Waals surface area contributed by atoms with Gasteiger partial charge in [-0.3, -0.25) is 4.79 Å². The SMILES string of the molecule is Cl.Nc1cccc2c1CCCN2C(=O)C1Cc2ccccc2O1. The molecular weight excluding hydrogens is 312 g/mol. The summed E-state index contributed by atoms with van der Waals surface area (Å²) in [5.41, 5.74) is 9.95. The van der Waals surface area contributed by atoms with Gasteiger partial charge in [0, 0.05) is 24.3 Å². The zero-order valence-electron chi connectivity index (χ0n) is 12.7. The Hall–Kier alpha value is -2.20. The van der Waals surface area contributed by atoms with Crippen LogP contribution in [0.3, 0.4) is 0 Å². The number of halogens is 1. The van der Waals surface area contributed by atoms with Crippen LogP contribution in [-0.4, -0.2) is 18.6 Å². The molecule has 2 aromatic carbocycles. The molecule has 1 atom stereocenters. The zero-order chi connectivity index (χ0) is 15.1. The van der Waals surface area contributed by atoms with Gasteiger partial charge in [0.2, 0.25) is 0 Å². The van der Waals surface area contributed by atoms with Crippen LogP contribution in [0.25, 0.3) is 0 Å². The molecule has 2 aromatic rings. The van der Waals surface area contributed by atoms with Crippen LogP contribution in [0.5, 0.6) is 5.75 Å². The third-order valence-corrected chi connectivity index (χ3v) is 4.48. The highest BCUT2D eigenvalue weighted by Crippen LogP contribution is 2.34. The fourth-order valence-electron chi connectivity index (χ4n) is 3.37. The lowest BCUT2D eigenvalue weighted by Crippen LogP contribution is -2.44. The van der Waals surface area contributed by atoms with Gasteiger partial charge in [-0.1, -0.05) is 24.3 Å². The second-order valence-electron chi connectivity index (χ2n) is 5.86. The van der Waals surface area contributed by atoms with Gasteiger partial charge in [-0.15, -0.1) is 12.4 Å². The summed E-state index contributed by atoms with van der Waals surface area (Å²) in [6.07, 6.45) is 2.08. The molecule has 0 aromatic heterocycles. The second-order valence-corrected chi connectivity index (χ2v) is 5.86. The molecule has 1 amide bonds. The van der Waals surface area contributed by atoms with Crippen molar-refractivity contribution in [3.8, 4) is 5.75 Å². The summed E-state index contributed by atoms with van der Waals surface area (Å²) >= 11 is 0. The highest BCUT2D eigenvalue weighted by atomic mass is 35.5. The van der Waals surface area contributed by atoms with Crippen molar-refractivity contribution >= 4 is 29.7 Å². The number of hydrogen-bond acceptors (Lipinski definition) is 3. The lowest BCUT2D eigenvalue weighted by atomic mass is 9.99. The van der Waals surface area contributed by atoms with E-state index in [0.29, 0.717) is 6.42 Å². The minimum atomic E-state index is -0.426. The van der Waals surface area contributed by atoms with E-state index in [1.54, 1.807) is 0 Å². The number of benzene rings is 2. The van der Waals surface area contributed by atoms with E-state index in [4.69, 9.17) is 10.5 Å². The van der Waals surface area contributed by atoms with Crippen LogP contribution in [0.2, 0.25) is 0 Å². The molecule has 120 valence electrons. The van der Waals surface area contributed by atoms with Gasteiger partial charge in [-0.25, -0.2) is 0 Å². The number of fused-ring (bicyclic) bond motifs is 2. The highest BCUT2D eigenvalue weighted by Gasteiger charge is 2.34. The topological polar surface area (TPSA) is 55.6 Å². The van der Waals surface area contributed by atoms with E-state index < -0.39 is 6.10 Å². The Labute approximate surface area is 141 Å². The number of para-hydroxylation sites is 1. The van der Waals surface area contributed by atoms with Gasteiger partial charge < -0.3 is 15.4 Å². The molecule has 0 radical (unpaired) electrons. The number of carbonyl (C=O) groups excluding carboxylic acids is 1. The average Bonchev–Trinajstić information content (AvgIpc) is 2.98. The molecule has 1 unspecified atom stereocenters. The van der Waals surface area contributed by atoms with Crippen LogP contribution in [-0.2, 0) is 17.6 Å². The summed E-state index contributed by atoms with van der Waals surface area (Å²) in [5, 5.41) is 0. The Kier molecular flexibility index (Phi) is 4.18. The first-order valence-corrected chi connectivity index (χ1v) is 7.67. The molecule has 0 fully saturated rings. The molecule has 0 aliphatic carbocycles. The van der Waals surface area contributed by atoms with E-state index in [9.17, 15) is 4.79 Å². The molecule has 0 spiro atoms. The number of amides is 1. The Balaban J connectivity index is 0.00000156. The lowest BCUT2D eigenvalue weighted by molar-refractivity contribution is -0.124. The standard InChI is InChI=1S/C18H18N2O2.ClH/c19-14-7-3-8-15-13(14)6-4-10-20(15)18(21)17-11-12-5-1-2-9-16(12)22-17;/h1-3,5,7-9,17H,4,6,10-11,19H2;1H. The zero-order valence-corrected chi connectivity index (χ0v) is 13.5. The minimum Gasteiger partial charge on any atom is -0.480 e. The minimum absolute atomic E-state index is 0. The number of nitrogens with two attached hydrogens (primary N) is 1. The van der Waals surface area contributed by atoms with Gasteiger partial charge in [-0.2, -0.15) is 0 Å². The first-order chi connectivity index (χ1) is 10.7. The van der Waals surface area contributed by atoms with Crippen LogP contribution >= 0.6 is 12.4 Å². The van der Waals surface area contributed by atoms with E-state index in [-0.39, 0.29) is 18.3 Å². The number of nitrogen functional groups attached to an aromatic ring is 1. The molecule has 2 aliphatic heterocycles. The molecule has 2 aliphatic rings. The number of ether oxygens (including phenoxy) is 1. The van der Waals surface area contributed by atoms with Gasteiger partial charge >= 0.3 is 0 Å². The van der Waals surface area contributed by atoms with Crippen molar-refractivity contribution in [3.63, 3.8) is 0 Å². The fourth-order valence-corrected chi connectivity index (χ4v) is 3.37. The molecule has 0 saturated heterocycles. The summed E-state index contributed by atoms with van der Waals surface area (Å²) in [7, 11) is 0. The Morgan fingerprint density at radius 2 is 2.00 bits per heavy atom. The molecule has 5 heteroatoms. The Morgan fingerprint density at radius 3 is 2.83 bits per heavy atom. The molecular formula is C18H19ClN2O2.